The van der Waals surface area contributed by atoms with Crippen molar-refractivity contribution in [1.29, 1.82) is 0 Å². The summed E-state index contributed by atoms with van der Waals surface area (Å²) in [5.74, 6) is 0.976. The van der Waals surface area contributed by atoms with Gasteiger partial charge in [-0.2, -0.15) is 0 Å². The maximum atomic E-state index is 12.5. The van der Waals surface area contributed by atoms with Crippen LogP contribution < -0.4 is 15.0 Å². The van der Waals surface area contributed by atoms with Crippen molar-refractivity contribution in [3.05, 3.63) is 84.1 Å². The topological polar surface area (TPSA) is 67.3 Å². The van der Waals surface area contributed by atoms with Crippen LogP contribution in [0.5, 0.6) is 5.75 Å². The third kappa shape index (κ3) is 5.53. The van der Waals surface area contributed by atoms with Crippen LogP contribution in [-0.2, 0) is 17.9 Å². The van der Waals surface area contributed by atoms with E-state index < -0.39 is 0 Å². The molecule has 0 bridgehead atoms. The van der Waals surface area contributed by atoms with Crippen LogP contribution in [0.3, 0.4) is 0 Å². The number of pyridine rings is 2. The van der Waals surface area contributed by atoms with Crippen LogP contribution in [0.4, 0.5) is 5.69 Å². The molecule has 2 heterocycles. The van der Waals surface area contributed by atoms with Crippen LogP contribution in [0.2, 0.25) is 0 Å². The lowest BCUT2D eigenvalue weighted by Gasteiger charge is -2.20. The van der Waals surface area contributed by atoms with Gasteiger partial charge in [-0.05, 0) is 57.4 Å². The normalized spacial score (nSPS) is 13.9. The Balaban J connectivity index is 1.58. The fourth-order valence-electron chi connectivity index (χ4n) is 4.71. The number of benzene rings is 1. The van der Waals surface area contributed by atoms with Crippen molar-refractivity contribution in [3.63, 3.8) is 0 Å². The van der Waals surface area contributed by atoms with E-state index in [1.807, 2.05) is 68.3 Å². The van der Waals surface area contributed by atoms with E-state index in [2.05, 4.69) is 16.9 Å². The molecular formula is C29H34N4O2. The highest BCUT2D eigenvalue weighted by Crippen LogP contribution is 2.33. The molecule has 6 nitrogen and oxygen atoms in total. The van der Waals surface area contributed by atoms with Crippen molar-refractivity contribution in [2.24, 2.45) is 5.92 Å². The van der Waals surface area contributed by atoms with Crippen LogP contribution >= 0.6 is 0 Å². The molecule has 1 N–H and O–H groups in total. The van der Waals surface area contributed by atoms with Gasteiger partial charge >= 0.3 is 0 Å². The second kappa shape index (κ2) is 11.2. The molecule has 4 rings (SSSR count). The molecule has 35 heavy (non-hydrogen) atoms. The Morgan fingerprint density at radius 3 is 2.80 bits per heavy atom. The van der Waals surface area contributed by atoms with E-state index in [0.29, 0.717) is 18.9 Å². The number of para-hydroxylation sites is 1. The molecule has 0 aliphatic heterocycles. The summed E-state index contributed by atoms with van der Waals surface area (Å²) in [5.41, 5.74) is 5.61. The van der Waals surface area contributed by atoms with Crippen molar-refractivity contribution in [1.82, 2.24) is 15.3 Å². The minimum atomic E-state index is 0.131. The molecule has 1 aliphatic rings. The van der Waals surface area contributed by atoms with E-state index in [4.69, 9.17) is 9.72 Å². The van der Waals surface area contributed by atoms with Crippen LogP contribution in [0.25, 0.3) is 10.9 Å². The number of carbonyl (C=O) groups is 1. The number of rotatable bonds is 9. The molecule has 0 spiro atoms. The number of nitrogens with zero attached hydrogens (tertiary/aromatic N) is 3. The number of ether oxygens (including phenoxy) is 1. The highest BCUT2D eigenvalue weighted by atomic mass is 16.5. The summed E-state index contributed by atoms with van der Waals surface area (Å²) >= 11 is 0. The smallest absolute Gasteiger partial charge is 0.223 e. The number of hydrogen-bond donors (Lipinski definition) is 1. The minimum absolute atomic E-state index is 0.131. The average molecular weight is 471 g/mol. The lowest BCUT2D eigenvalue weighted by Crippen LogP contribution is -2.29. The SMILES string of the molecule is C=CN(/C=C\C)c1cc(C)nc2c(OCc3c(C)ccnc3CNC(=O)C3CCCC3)cccc12. The molecular weight excluding hydrogens is 436 g/mol. The first-order valence-electron chi connectivity index (χ1n) is 12.3. The van der Waals surface area contributed by atoms with Gasteiger partial charge in [0.2, 0.25) is 5.91 Å². The van der Waals surface area contributed by atoms with Gasteiger partial charge < -0.3 is 15.0 Å². The summed E-state index contributed by atoms with van der Waals surface area (Å²) in [7, 11) is 0. The van der Waals surface area contributed by atoms with Crippen LogP contribution in [0.1, 0.15) is 55.1 Å². The molecule has 1 saturated carbocycles. The Morgan fingerprint density at radius 1 is 1.26 bits per heavy atom. The highest BCUT2D eigenvalue weighted by Gasteiger charge is 2.23. The first kappa shape index (κ1) is 24.5. The van der Waals surface area contributed by atoms with Gasteiger partial charge in [0, 0.05) is 41.2 Å². The number of allylic oxidation sites excluding steroid dienone is 1. The first-order valence-corrected chi connectivity index (χ1v) is 12.3. The number of hydrogen-bond acceptors (Lipinski definition) is 5. The molecule has 6 heteroatoms. The van der Waals surface area contributed by atoms with E-state index in [9.17, 15) is 4.79 Å². The van der Waals surface area contributed by atoms with Gasteiger partial charge in [-0.1, -0.05) is 37.6 Å². The number of anilines is 1. The van der Waals surface area contributed by atoms with Gasteiger partial charge in [-0.15, -0.1) is 0 Å². The molecule has 1 aliphatic carbocycles. The summed E-state index contributed by atoms with van der Waals surface area (Å²) in [5, 5.41) is 4.08. The second-order valence-electron chi connectivity index (χ2n) is 9.05. The quantitative estimate of drug-likeness (QED) is 0.408. The molecule has 0 atom stereocenters. The highest BCUT2D eigenvalue weighted by molar-refractivity contribution is 5.96. The van der Waals surface area contributed by atoms with E-state index >= 15 is 0 Å². The van der Waals surface area contributed by atoms with Gasteiger partial charge in [-0.25, -0.2) is 4.98 Å². The van der Waals surface area contributed by atoms with E-state index in [1.165, 1.54) is 0 Å². The molecule has 3 aromatic rings. The van der Waals surface area contributed by atoms with Crippen molar-refractivity contribution in [2.75, 3.05) is 4.90 Å². The van der Waals surface area contributed by atoms with Crippen molar-refractivity contribution >= 4 is 22.5 Å². The third-order valence-corrected chi connectivity index (χ3v) is 6.60. The number of aromatic nitrogens is 2. The summed E-state index contributed by atoms with van der Waals surface area (Å²) in [4.78, 5) is 23.9. The van der Waals surface area contributed by atoms with Crippen molar-refractivity contribution in [2.45, 2.75) is 59.6 Å². The number of carbonyl (C=O) groups excluding carboxylic acids is 1. The van der Waals surface area contributed by atoms with Crippen molar-refractivity contribution < 1.29 is 9.53 Å². The second-order valence-corrected chi connectivity index (χ2v) is 9.05. The maximum Gasteiger partial charge on any atom is 0.223 e. The van der Waals surface area contributed by atoms with Gasteiger partial charge in [0.05, 0.1) is 17.9 Å². The number of amides is 1. The number of nitrogens with one attached hydrogen (secondary N) is 1. The maximum absolute atomic E-state index is 12.5. The third-order valence-electron chi connectivity index (χ3n) is 6.60. The standard InChI is InChI=1S/C29H34N4O2/c1-5-16-33(6-2)26-17-21(4)32-28-23(26)12-9-13-27(28)35-19-24-20(3)14-15-30-25(24)18-31-29(34)22-10-7-8-11-22/h5-6,9,12-17,22H,2,7-8,10-11,18-19H2,1,3-4H3,(H,31,34)/b16-5-. The Bertz CT molecular complexity index is 1240. The van der Waals surface area contributed by atoms with E-state index in [-0.39, 0.29) is 11.8 Å². The fraction of sp³-hybridized carbons (Fsp3) is 0.345. The van der Waals surface area contributed by atoms with Crippen LogP contribution in [0.15, 0.2) is 61.6 Å². The van der Waals surface area contributed by atoms with Gasteiger partial charge in [0.15, 0.2) is 0 Å². The predicted octanol–water partition coefficient (Wildman–Crippen LogP) is 6.12. The molecule has 1 fully saturated rings. The molecule has 0 unspecified atom stereocenters. The fourth-order valence-corrected chi connectivity index (χ4v) is 4.71. The molecule has 1 amide bonds. The molecule has 1 aromatic carbocycles. The monoisotopic (exact) mass is 470 g/mol. The largest absolute Gasteiger partial charge is 0.487 e. The summed E-state index contributed by atoms with van der Waals surface area (Å²) in [6.45, 7) is 10.7. The lowest BCUT2D eigenvalue weighted by atomic mass is 10.1. The summed E-state index contributed by atoms with van der Waals surface area (Å²) in [6, 6.07) is 9.99. The van der Waals surface area contributed by atoms with Gasteiger partial charge in [0.25, 0.3) is 0 Å². The number of fused-ring (bicyclic) bond motifs is 1. The average Bonchev–Trinajstić information content (AvgIpc) is 3.40. The number of aryl methyl sites for hydroxylation is 2. The summed E-state index contributed by atoms with van der Waals surface area (Å²) in [6.07, 6.45) is 11.8. The van der Waals surface area contributed by atoms with Crippen LogP contribution in [-0.4, -0.2) is 15.9 Å². The van der Waals surface area contributed by atoms with Crippen molar-refractivity contribution in [3.8, 4) is 5.75 Å². The van der Waals surface area contributed by atoms with Crippen LogP contribution in [0, 0.1) is 19.8 Å². The lowest BCUT2D eigenvalue weighted by molar-refractivity contribution is -0.125. The van der Waals surface area contributed by atoms with E-state index in [0.717, 1.165) is 64.8 Å². The zero-order chi connectivity index (χ0) is 24.8. The van der Waals surface area contributed by atoms with Gasteiger partial charge in [-0.3, -0.25) is 9.78 Å². The Morgan fingerprint density at radius 2 is 2.06 bits per heavy atom. The molecule has 0 saturated heterocycles. The van der Waals surface area contributed by atoms with Gasteiger partial charge in [0.1, 0.15) is 17.9 Å². The minimum Gasteiger partial charge on any atom is -0.487 e. The Labute approximate surface area is 207 Å². The summed E-state index contributed by atoms with van der Waals surface area (Å²) < 4.78 is 6.34. The Hall–Kier alpha value is -3.67. The molecule has 0 radical (unpaired) electrons. The zero-order valence-corrected chi connectivity index (χ0v) is 20.9. The predicted molar refractivity (Wildman–Crippen MR) is 141 cm³/mol. The molecule has 182 valence electrons. The Kier molecular flexibility index (Phi) is 7.80. The van der Waals surface area contributed by atoms with E-state index in [1.54, 1.807) is 12.4 Å². The molecule has 2 aromatic heterocycles. The first-order chi connectivity index (χ1) is 17.0. The zero-order valence-electron chi connectivity index (χ0n) is 20.9.